The van der Waals surface area contributed by atoms with Gasteiger partial charge in [0, 0.05) is 0 Å². The SMILES string of the molecule is COc1cc(-c2c(N)noc2-c2cccs2)ccc1C. The van der Waals surface area contributed by atoms with Crippen LogP contribution in [0.1, 0.15) is 5.56 Å². The Kier molecular flexibility index (Phi) is 3.20. The van der Waals surface area contributed by atoms with Crippen LogP contribution in [0.3, 0.4) is 0 Å². The van der Waals surface area contributed by atoms with Crippen molar-refractivity contribution in [3.05, 3.63) is 41.3 Å². The summed E-state index contributed by atoms with van der Waals surface area (Å²) in [6, 6.07) is 9.91. The Hall–Kier alpha value is -2.27. The third-order valence-electron chi connectivity index (χ3n) is 3.16. The number of thiophene rings is 1. The molecule has 0 spiro atoms. The molecule has 0 aliphatic heterocycles. The molecule has 0 atom stereocenters. The van der Waals surface area contributed by atoms with Crippen molar-refractivity contribution in [2.24, 2.45) is 0 Å². The number of nitrogens with two attached hydrogens (primary N) is 1. The lowest BCUT2D eigenvalue weighted by molar-refractivity contribution is 0.412. The van der Waals surface area contributed by atoms with Gasteiger partial charge in [-0.2, -0.15) is 0 Å². The molecule has 2 heterocycles. The van der Waals surface area contributed by atoms with Crippen LogP contribution in [0.4, 0.5) is 5.82 Å². The molecule has 0 unspecified atom stereocenters. The number of hydrogen-bond acceptors (Lipinski definition) is 5. The third kappa shape index (κ3) is 2.06. The summed E-state index contributed by atoms with van der Waals surface area (Å²) in [5.74, 6) is 1.91. The molecule has 2 N–H and O–H groups in total. The fourth-order valence-electron chi connectivity index (χ4n) is 2.13. The number of nitrogens with zero attached hydrogens (tertiary/aromatic N) is 1. The van der Waals surface area contributed by atoms with E-state index in [1.54, 1.807) is 18.4 Å². The van der Waals surface area contributed by atoms with Crippen LogP contribution in [0.15, 0.2) is 40.2 Å². The van der Waals surface area contributed by atoms with E-state index < -0.39 is 0 Å². The molecule has 2 aromatic heterocycles. The van der Waals surface area contributed by atoms with E-state index in [-0.39, 0.29) is 0 Å². The Bertz CT molecular complexity index is 732. The minimum Gasteiger partial charge on any atom is -0.496 e. The van der Waals surface area contributed by atoms with Gasteiger partial charge >= 0.3 is 0 Å². The Morgan fingerprint density at radius 1 is 1.30 bits per heavy atom. The lowest BCUT2D eigenvalue weighted by atomic mass is 10.0. The van der Waals surface area contributed by atoms with Gasteiger partial charge in [0.1, 0.15) is 5.75 Å². The van der Waals surface area contributed by atoms with Gasteiger partial charge in [0.2, 0.25) is 0 Å². The monoisotopic (exact) mass is 286 g/mol. The molecule has 5 heteroatoms. The maximum atomic E-state index is 5.97. The number of benzene rings is 1. The van der Waals surface area contributed by atoms with Crippen molar-refractivity contribution in [1.29, 1.82) is 0 Å². The molecule has 0 amide bonds. The average Bonchev–Trinajstić information content (AvgIpc) is 3.08. The number of methoxy groups -OCH3 is 1. The highest BCUT2D eigenvalue weighted by molar-refractivity contribution is 7.13. The van der Waals surface area contributed by atoms with Gasteiger partial charge in [-0.15, -0.1) is 11.3 Å². The van der Waals surface area contributed by atoms with Crippen molar-refractivity contribution in [1.82, 2.24) is 5.16 Å². The molecule has 1 aromatic carbocycles. The normalized spacial score (nSPS) is 10.7. The van der Waals surface area contributed by atoms with Crippen LogP contribution in [-0.4, -0.2) is 12.3 Å². The van der Waals surface area contributed by atoms with Gasteiger partial charge in [-0.1, -0.05) is 23.4 Å². The van der Waals surface area contributed by atoms with Gasteiger partial charge < -0.3 is 15.0 Å². The maximum Gasteiger partial charge on any atom is 0.186 e. The lowest BCUT2D eigenvalue weighted by Crippen LogP contribution is -1.91. The molecule has 0 saturated heterocycles. The summed E-state index contributed by atoms with van der Waals surface area (Å²) in [6.07, 6.45) is 0. The Morgan fingerprint density at radius 3 is 2.85 bits per heavy atom. The molecule has 0 aliphatic carbocycles. The first-order valence-electron chi connectivity index (χ1n) is 6.14. The molecule has 4 nitrogen and oxygen atoms in total. The van der Waals surface area contributed by atoms with Crippen molar-refractivity contribution in [2.45, 2.75) is 6.92 Å². The van der Waals surface area contributed by atoms with Crippen LogP contribution in [0.25, 0.3) is 21.8 Å². The smallest absolute Gasteiger partial charge is 0.186 e. The third-order valence-corrected chi connectivity index (χ3v) is 4.03. The quantitative estimate of drug-likeness (QED) is 0.791. The lowest BCUT2D eigenvalue weighted by Gasteiger charge is -2.07. The van der Waals surface area contributed by atoms with E-state index in [1.165, 1.54) is 0 Å². The molecule has 0 fully saturated rings. The first-order valence-corrected chi connectivity index (χ1v) is 7.02. The summed E-state index contributed by atoms with van der Waals surface area (Å²) in [4.78, 5) is 1.00. The summed E-state index contributed by atoms with van der Waals surface area (Å²) in [5, 5.41) is 5.89. The maximum absolute atomic E-state index is 5.97. The highest BCUT2D eigenvalue weighted by Crippen LogP contribution is 2.39. The molecular weight excluding hydrogens is 272 g/mol. The van der Waals surface area contributed by atoms with Gasteiger partial charge in [0.25, 0.3) is 0 Å². The van der Waals surface area contributed by atoms with Crippen molar-refractivity contribution in [2.75, 3.05) is 12.8 Å². The zero-order chi connectivity index (χ0) is 14.1. The Morgan fingerprint density at radius 2 is 2.15 bits per heavy atom. The van der Waals surface area contributed by atoms with Crippen LogP contribution in [0.5, 0.6) is 5.75 Å². The second-order valence-electron chi connectivity index (χ2n) is 4.43. The minimum atomic E-state index is 0.388. The summed E-state index contributed by atoms with van der Waals surface area (Å²) in [7, 11) is 1.66. The van der Waals surface area contributed by atoms with E-state index in [2.05, 4.69) is 5.16 Å². The Balaban J connectivity index is 2.17. The standard InChI is InChI=1S/C15H14N2O2S/c1-9-5-6-10(8-11(9)18-2)13-14(19-17-15(13)16)12-4-3-7-20-12/h3-8H,1-2H3,(H2,16,17). The molecule has 20 heavy (non-hydrogen) atoms. The zero-order valence-corrected chi connectivity index (χ0v) is 12.0. The topological polar surface area (TPSA) is 61.3 Å². The number of rotatable bonds is 3. The van der Waals surface area contributed by atoms with E-state index in [1.807, 2.05) is 42.6 Å². The van der Waals surface area contributed by atoms with Crippen LogP contribution in [-0.2, 0) is 0 Å². The predicted octanol–water partition coefficient (Wildman–Crippen LogP) is 3.97. The van der Waals surface area contributed by atoms with Crippen molar-refractivity contribution < 1.29 is 9.26 Å². The Labute approximate surface area is 120 Å². The van der Waals surface area contributed by atoms with Gasteiger partial charge in [-0.05, 0) is 35.6 Å². The fourth-order valence-corrected chi connectivity index (χ4v) is 2.84. The minimum absolute atomic E-state index is 0.388. The predicted molar refractivity (Wildman–Crippen MR) is 81.0 cm³/mol. The van der Waals surface area contributed by atoms with Crippen molar-refractivity contribution >= 4 is 17.2 Å². The molecule has 0 bridgehead atoms. The van der Waals surface area contributed by atoms with Crippen molar-refractivity contribution in [3.63, 3.8) is 0 Å². The molecule has 102 valence electrons. The summed E-state index contributed by atoms with van der Waals surface area (Å²) < 4.78 is 10.8. The number of ether oxygens (including phenoxy) is 1. The number of anilines is 1. The van der Waals surface area contributed by atoms with Gasteiger partial charge in [0.05, 0.1) is 17.6 Å². The first-order chi connectivity index (χ1) is 9.70. The van der Waals surface area contributed by atoms with Crippen molar-refractivity contribution in [3.8, 4) is 27.5 Å². The molecule has 0 radical (unpaired) electrons. The number of nitrogen functional groups attached to an aromatic ring is 1. The van der Waals surface area contributed by atoms with E-state index in [4.69, 9.17) is 15.0 Å². The average molecular weight is 286 g/mol. The van der Waals surface area contributed by atoms with E-state index >= 15 is 0 Å². The zero-order valence-electron chi connectivity index (χ0n) is 11.2. The second-order valence-corrected chi connectivity index (χ2v) is 5.38. The fraction of sp³-hybridized carbons (Fsp3) is 0.133. The number of aryl methyl sites for hydroxylation is 1. The molecular formula is C15H14N2O2S. The van der Waals surface area contributed by atoms with Gasteiger partial charge in [-0.3, -0.25) is 0 Å². The largest absolute Gasteiger partial charge is 0.496 e. The van der Waals surface area contributed by atoms with Gasteiger partial charge in [-0.25, -0.2) is 0 Å². The number of aromatic nitrogens is 1. The molecule has 3 rings (SSSR count). The summed E-state index contributed by atoms with van der Waals surface area (Å²) in [6.45, 7) is 2.00. The van der Waals surface area contributed by atoms with E-state index in [0.717, 1.165) is 27.3 Å². The summed E-state index contributed by atoms with van der Waals surface area (Å²) in [5.41, 5.74) is 8.79. The first kappa shape index (κ1) is 12.7. The highest BCUT2D eigenvalue weighted by Gasteiger charge is 2.19. The molecule has 0 aliphatic rings. The second kappa shape index (κ2) is 5.02. The van der Waals surface area contributed by atoms with E-state index in [0.29, 0.717) is 11.6 Å². The van der Waals surface area contributed by atoms with Crippen LogP contribution >= 0.6 is 11.3 Å². The van der Waals surface area contributed by atoms with Crippen LogP contribution < -0.4 is 10.5 Å². The molecule has 0 saturated carbocycles. The van der Waals surface area contributed by atoms with Crippen LogP contribution in [0, 0.1) is 6.92 Å². The van der Waals surface area contributed by atoms with E-state index in [9.17, 15) is 0 Å². The highest BCUT2D eigenvalue weighted by atomic mass is 32.1. The van der Waals surface area contributed by atoms with Crippen LogP contribution in [0.2, 0.25) is 0 Å². The molecule has 3 aromatic rings. The van der Waals surface area contributed by atoms with Gasteiger partial charge in [0.15, 0.2) is 11.6 Å². The number of hydrogen-bond donors (Lipinski definition) is 1. The summed E-state index contributed by atoms with van der Waals surface area (Å²) >= 11 is 1.59.